The molecule has 0 unspecified atom stereocenters. The zero-order valence-electron chi connectivity index (χ0n) is 10.6. The summed E-state index contributed by atoms with van der Waals surface area (Å²) >= 11 is 0. The fourth-order valence-electron chi connectivity index (χ4n) is 2.02. The molecule has 0 aliphatic heterocycles. The number of aromatic amines is 1. The van der Waals surface area contributed by atoms with E-state index in [1.165, 1.54) is 0 Å². The molecule has 3 N–H and O–H groups in total. The summed E-state index contributed by atoms with van der Waals surface area (Å²) < 4.78 is 0. The van der Waals surface area contributed by atoms with Crippen LogP contribution >= 0.6 is 0 Å². The number of hydrogen-bond donors (Lipinski definition) is 3. The highest BCUT2D eigenvalue weighted by Crippen LogP contribution is 2.19. The summed E-state index contributed by atoms with van der Waals surface area (Å²) in [6.07, 6.45) is 0.495. The molecule has 1 heterocycles. The number of aliphatic hydroxyl groups excluding tert-OH is 1. The molecule has 0 fully saturated rings. The first-order valence-corrected chi connectivity index (χ1v) is 6.21. The van der Waals surface area contributed by atoms with Crippen molar-refractivity contribution in [3.8, 4) is 0 Å². The van der Waals surface area contributed by atoms with Gasteiger partial charge in [-0.15, -0.1) is 0 Å². The van der Waals surface area contributed by atoms with E-state index in [0.717, 1.165) is 10.9 Å². The van der Waals surface area contributed by atoms with E-state index in [4.69, 9.17) is 0 Å². The molecule has 20 heavy (non-hydrogen) atoms. The lowest BCUT2D eigenvalue weighted by Crippen LogP contribution is -2.20. The molecule has 5 nitrogen and oxygen atoms in total. The maximum absolute atomic E-state index is 12.0. The van der Waals surface area contributed by atoms with E-state index >= 15 is 0 Å². The topological polar surface area (TPSA) is 78.0 Å². The van der Waals surface area contributed by atoms with E-state index in [0.29, 0.717) is 11.3 Å². The quantitative estimate of drug-likeness (QED) is 0.681. The summed E-state index contributed by atoms with van der Waals surface area (Å²) in [6, 6.07) is 14.2. The SMILES string of the molecule is O=C(Nc1ccc2[nH]ncc2c1)[C@H](O)c1ccccc1. The molecule has 1 aromatic heterocycles. The molecule has 0 aliphatic rings. The average Bonchev–Trinajstić information content (AvgIpc) is 2.95. The largest absolute Gasteiger partial charge is 0.378 e. The molecule has 100 valence electrons. The van der Waals surface area contributed by atoms with Crippen molar-refractivity contribution in [2.75, 3.05) is 5.32 Å². The van der Waals surface area contributed by atoms with E-state index in [2.05, 4.69) is 15.5 Å². The van der Waals surface area contributed by atoms with Crippen molar-refractivity contribution < 1.29 is 9.90 Å². The van der Waals surface area contributed by atoms with E-state index in [1.807, 2.05) is 12.1 Å². The Morgan fingerprint density at radius 2 is 2.00 bits per heavy atom. The molecule has 0 saturated carbocycles. The smallest absolute Gasteiger partial charge is 0.257 e. The number of H-pyrrole nitrogens is 1. The van der Waals surface area contributed by atoms with E-state index in [1.54, 1.807) is 42.6 Å². The number of nitrogens with zero attached hydrogens (tertiary/aromatic N) is 1. The van der Waals surface area contributed by atoms with Crippen LogP contribution in [0.2, 0.25) is 0 Å². The van der Waals surface area contributed by atoms with Gasteiger partial charge in [-0.05, 0) is 23.8 Å². The molecule has 0 aliphatic carbocycles. The molecule has 2 aromatic carbocycles. The highest BCUT2D eigenvalue weighted by molar-refractivity contribution is 5.96. The number of hydrogen-bond acceptors (Lipinski definition) is 3. The Balaban J connectivity index is 1.78. The van der Waals surface area contributed by atoms with Crippen LogP contribution in [0, 0.1) is 0 Å². The lowest BCUT2D eigenvalue weighted by atomic mass is 10.1. The average molecular weight is 267 g/mol. The molecule has 0 spiro atoms. The van der Waals surface area contributed by atoms with E-state index in [-0.39, 0.29) is 0 Å². The molecular formula is C15H13N3O2. The molecule has 3 aromatic rings. The molecule has 1 amide bonds. The Kier molecular flexibility index (Phi) is 3.18. The van der Waals surface area contributed by atoms with Gasteiger partial charge < -0.3 is 10.4 Å². The normalized spacial score (nSPS) is 12.2. The maximum atomic E-state index is 12.0. The van der Waals surface area contributed by atoms with Crippen LogP contribution in [0.25, 0.3) is 10.9 Å². The van der Waals surface area contributed by atoms with Crippen LogP contribution in [0.5, 0.6) is 0 Å². The van der Waals surface area contributed by atoms with Crippen LogP contribution in [0.3, 0.4) is 0 Å². The second-order valence-corrected chi connectivity index (χ2v) is 4.47. The molecule has 0 radical (unpaired) electrons. The Morgan fingerprint density at radius 1 is 1.20 bits per heavy atom. The van der Waals surface area contributed by atoms with Gasteiger partial charge in [-0.25, -0.2) is 0 Å². The van der Waals surface area contributed by atoms with Gasteiger partial charge in [0.05, 0.1) is 11.7 Å². The van der Waals surface area contributed by atoms with Crippen molar-refractivity contribution in [3.63, 3.8) is 0 Å². The third-order valence-corrected chi connectivity index (χ3v) is 3.07. The Morgan fingerprint density at radius 3 is 2.80 bits per heavy atom. The third-order valence-electron chi connectivity index (χ3n) is 3.07. The predicted molar refractivity (Wildman–Crippen MR) is 76.1 cm³/mol. The summed E-state index contributed by atoms with van der Waals surface area (Å²) in [5, 5.41) is 20.3. The number of carbonyl (C=O) groups excluding carboxylic acids is 1. The number of aliphatic hydroxyl groups is 1. The zero-order chi connectivity index (χ0) is 13.9. The second kappa shape index (κ2) is 5.14. The molecule has 5 heteroatoms. The third kappa shape index (κ3) is 2.39. The minimum atomic E-state index is -1.18. The van der Waals surface area contributed by atoms with Crippen LogP contribution in [-0.2, 0) is 4.79 Å². The number of fused-ring (bicyclic) bond motifs is 1. The van der Waals surface area contributed by atoms with Gasteiger partial charge in [0.25, 0.3) is 5.91 Å². The van der Waals surface area contributed by atoms with Gasteiger partial charge in [-0.2, -0.15) is 5.10 Å². The summed E-state index contributed by atoms with van der Waals surface area (Å²) in [4.78, 5) is 12.0. The van der Waals surface area contributed by atoms with Gasteiger partial charge in [-0.3, -0.25) is 9.89 Å². The van der Waals surface area contributed by atoms with Crippen molar-refractivity contribution in [1.82, 2.24) is 10.2 Å². The monoisotopic (exact) mass is 267 g/mol. The Labute approximate surface area is 115 Å². The fourth-order valence-corrected chi connectivity index (χ4v) is 2.02. The minimum absolute atomic E-state index is 0.459. The number of nitrogens with one attached hydrogen (secondary N) is 2. The number of amides is 1. The molecule has 1 atom stereocenters. The number of rotatable bonds is 3. The van der Waals surface area contributed by atoms with Crippen molar-refractivity contribution in [1.29, 1.82) is 0 Å². The molecule has 3 rings (SSSR count). The maximum Gasteiger partial charge on any atom is 0.257 e. The Bertz CT molecular complexity index is 737. The minimum Gasteiger partial charge on any atom is -0.378 e. The first kappa shape index (κ1) is 12.4. The van der Waals surface area contributed by atoms with Crippen molar-refractivity contribution in [2.24, 2.45) is 0 Å². The second-order valence-electron chi connectivity index (χ2n) is 4.47. The van der Waals surface area contributed by atoms with Gasteiger partial charge in [0.15, 0.2) is 6.10 Å². The van der Waals surface area contributed by atoms with Crippen LogP contribution in [0.1, 0.15) is 11.7 Å². The number of anilines is 1. The van der Waals surface area contributed by atoms with Gasteiger partial charge in [0.1, 0.15) is 0 Å². The highest BCUT2D eigenvalue weighted by atomic mass is 16.3. The number of aromatic nitrogens is 2. The molecule has 0 saturated heterocycles. The van der Waals surface area contributed by atoms with Crippen LogP contribution in [0.15, 0.2) is 54.7 Å². The van der Waals surface area contributed by atoms with Crippen LogP contribution in [0.4, 0.5) is 5.69 Å². The van der Waals surface area contributed by atoms with Crippen molar-refractivity contribution in [2.45, 2.75) is 6.10 Å². The van der Waals surface area contributed by atoms with E-state index < -0.39 is 12.0 Å². The lowest BCUT2D eigenvalue weighted by Gasteiger charge is -2.11. The van der Waals surface area contributed by atoms with Gasteiger partial charge in [0.2, 0.25) is 0 Å². The van der Waals surface area contributed by atoms with Gasteiger partial charge >= 0.3 is 0 Å². The fraction of sp³-hybridized carbons (Fsp3) is 0.0667. The predicted octanol–water partition coefficient (Wildman–Crippen LogP) is 2.24. The first-order valence-electron chi connectivity index (χ1n) is 6.21. The van der Waals surface area contributed by atoms with Crippen LogP contribution in [-0.4, -0.2) is 21.2 Å². The van der Waals surface area contributed by atoms with Gasteiger partial charge in [-0.1, -0.05) is 30.3 Å². The van der Waals surface area contributed by atoms with Crippen LogP contribution < -0.4 is 5.32 Å². The molecule has 0 bridgehead atoms. The van der Waals surface area contributed by atoms with E-state index in [9.17, 15) is 9.90 Å². The van der Waals surface area contributed by atoms with Gasteiger partial charge in [0, 0.05) is 11.1 Å². The zero-order valence-corrected chi connectivity index (χ0v) is 10.6. The summed E-state index contributed by atoms with van der Waals surface area (Å²) in [5.41, 5.74) is 2.08. The number of carbonyl (C=O) groups is 1. The summed E-state index contributed by atoms with van der Waals surface area (Å²) in [5.74, 6) is -0.459. The van der Waals surface area contributed by atoms with Crippen molar-refractivity contribution >= 4 is 22.5 Å². The highest BCUT2D eigenvalue weighted by Gasteiger charge is 2.17. The standard InChI is InChI=1S/C15H13N3O2/c19-14(10-4-2-1-3-5-10)15(20)17-12-6-7-13-11(8-12)9-16-18-13/h1-9,14,19H,(H,16,18)(H,17,20)/t14-/m1/s1. The first-order chi connectivity index (χ1) is 9.74. The molecular weight excluding hydrogens is 254 g/mol. The number of benzene rings is 2. The summed E-state index contributed by atoms with van der Waals surface area (Å²) in [6.45, 7) is 0. The van der Waals surface area contributed by atoms with Crippen molar-refractivity contribution in [3.05, 3.63) is 60.3 Å². The lowest BCUT2D eigenvalue weighted by molar-refractivity contribution is -0.124. The summed E-state index contributed by atoms with van der Waals surface area (Å²) in [7, 11) is 0. The Hall–Kier alpha value is -2.66.